The van der Waals surface area contributed by atoms with Crippen molar-refractivity contribution in [1.82, 2.24) is 34.6 Å². The Morgan fingerprint density at radius 3 is 2.70 bits per heavy atom. The monoisotopic (exact) mass is 457 g/mol. The molecular formula is C22H22F3N7O. The molecule has 5 rings (SSSR count). The number of rotatable bonds is 5. The second-order valence-corrected chi connectivity index (χ2v) is 8.18. The molecule has 1 fully saturated rings. The van der Waals surface area contributed by atoms with E-state index >= 15 is 0 Å². The van der Waals surface area contributed by atoms with E-state index in [2.05, 4.69) is 25.0 Å². The molecule has 2 N–H and O–H groups in total. The van der Waals surface area contributed by atoms with Gasteiger partial charge in [-0.1, -0.05) is 13.0 Å². The first-order valence-electron chi connectivity index (χ1n) is 10.6. The van der Waals surface area contributed by atoms with Crippen LogP contribution < -0.4 is 0 Å². The number of nitrogens with one attached hydrogen (secondary N) is 1. The molecule has 33 heavy (non-hydrogen) atoms. The molecule has 172 valence electrons. The predicted octanol–water partition coefficient (Wildman–Crippen LogP) is 3.30. The second-order valence-electron chi connectivity index (χ2n) is 8.18. The van der Waals surface area contributed by atoms with Crippen LogP contribution in [0.5, 0.6) is 0 Å². The van der Waals surface area contributed by atoms with E-state index < -0.39 is 17.7 Å². The van der Waals surface area contributed by atoms with Crippen LogP contribution in [0.1, 0.15) is 18.9 Å². The summed E-state index contributed by atoms with van der Waals surface area (Å²) < 4.78 is 43.7. The molecule has 0 aliphatic carbocycles. The van der Waals surface area contributed by atoms with Gasteiger partial charge in [0.25, 0.3) is 0 Å². The number of aromatic amines is 1. The van der Waals surface area contributed by atoms with Gasteiger partial charge in [-0.05, 0) is 31.6 Å². The number of H-pyrrole nitrogens is 1. The quantitative estimate of drug-likeness (QED) is 0.478. The lowest BCUT2D eigenvalue weighted by molar-refractivity contribution is -0.285. The first kappa shape index (κ1) is 21.5. The average Bonchev–Trinajstić information content (AvgIpc) is 3.58. The summed E-state index contributed by atoms with van der Waals surface area (Å²) in [4.78, 5) is 17.5. The van der Waals surface area contributed by atoms with Gasteiger partial charge in [0, 0.05) is 47.7 Å². The highest BCUT2D eigenvalue weighted by molar-refractivity contribution is 5.88. The highest BCUT2D eigenvalue weighted by atomic mass is 19.4. The molecule has 11 heteroatoms. The van der Waals surface area contributed by atoms with Crippen LogP contribution in [0.2, 0.25) is 0 Å². The van der Waals surface area contributed by atoms with E-state index in [0.29, 0.717) is 30.1 Å². The zero-order valence-corrected chi connectivity index (χ0v) is 17.8. The minimum Gasteiger partial charge on any atom is -0.376 e. The predicted molar refractivity (Wildman–Crippen MR) is 114 cm³/mol. The van der Waals surface area contributed by atoms with Crippen molar-refractivity contribution in [2.75, 3.05) is 19.6 Å². The third-order valence-electron chi connectivity index (χ3n) is 6.38. The lowest BCUT2D eigenvalue weighted by atomic mass is 9.80. The molecule has 0 radical (unpaired) electrons. The Morgan fingerprint density at radius 1 is 1.15 bits per heavy atom. The molecule has 8 nitrogen and oxygen atoms in total. The molecule has 4 aromatic rings. The van der Waals surface area contributed by atoms with Crippen molar-refractivity contribution in [2.24, 2.45) is 5.92 Å². The van der Waals surface area contributed by atoms with Gasteiger partial charge in [0.2, 0.25) is 0 Å². The van der Waals surface area contributed by atoms with Gasteiger partial charge in [-0.2, -0.15) is 18.3 Å². The maximum atomic E-state index is 14.1. The smallest absolute Gasteiger partial charge is 0.376 e. The Labute approximate surface area is 187 Å². The first-order chi connectivity index (χ1) is 15.8. The largest absolute Gasteiger partial charge is 0.421 e. The molecule has 1 aliphatic rings. The third kappa shape index (κ3) is 3.57. The van der Waals surface area contributed by atoms with Crippen molar-refractivity contribution in [3.05, 3.63) is 54.9 Å². The molecule has 5 heterocycles. The van der Waals surface area contributed by atoms with Gasteiger partial charge in [-0.15, -0.1) is 0 Å². The number of hydrogen-bond acceptors (Lipinski definition) is 6. The van der Waals surface area contributed by atoms with Crippen molar-refractivity contribution < 1.29 is 18.3 Å². The normalized spacial score (nSPS) is 19.2. The fourth-order valence-electron chi connectivity index (χ4n) is 4.51. The van der Waals surface area contributed by atoms with Crippen molar-refractivity contribution in [3.63, 3.8) is 0 Å². The molecule has 2 atom stereocenters. The van der Waals surface area contributed by atoms with E-state index in [0.717, 1.165) is 17.3 Å². The minimum atomic E-state index is -4.82. The molecule has 0 amide bonds. The fourth-order valence-corrected chi connectivity index (χ4v) is 4.51. The summed E-state index contributed by atoms with van der Waals surface area (Å²) in [5.74, 6) is -0.618. The Balaban J connectivity index is 1.45. The Bertz CT molecular complexity index is 1270. The fraction of sp³-hybridized carbons (Fsp3) is 0.364. The highest BCUT2D eigenvalue weighted by Gasteiger charge is 2.60. The Hall–Kier alpha value is -3.31. The Morgan fingerprint density at radius 2 is 2.00 bits per heavy atom. The van der Waals surface area contributed by atoms with Crippen LogP contribution in [0.4, 0.5) is 13.2 Å². The van der Waals surface area contributed by atoms with Crippen LogP contribution in [0.25, 0.3) is 28.1 Å². The zero-order chi connectivity index (χ0) is 23.2. The molecule has 4 aromatic heterocycles. The number of aromatic nitrogens is 6. The summed E-state index contributed by atoms with van der Waals surface area (Å²) in [6.45, 7) is 3.25. The highest BCUT2D eigenvalue weighted by Crippen LogP contribution is 2.47. The van der Waals surface area contributed by atoms with E-state index in [1.54, 1.807) is 24.9 Å². The van der Waals surface area contributed by atoms with Crippen LogP contribution in [-0.4, -0.2) is 65.5 Å². The first-order valence-corrected chi connectivity index (χ1v) is 10.6. The SMILES string of the molecule is CCN1CCC(C(O)(c2ccc(-n3cc(-c4ccnc5[nH]cnc45)cn3)nc2)C(F)(F)F)C1. The van der Waals surface area contributed by atoms with E-state index in [1.165, 1.54) is 16.8 Å². The topological polar surface area (TPSA) is 95.8 Å². The summed E-state index contributed by atoms with van der Waals surface area (Å²) in [5.41, 5.74) is -0.312. The van der Waals surface area contributed by atoms with Gasteiger partial charge in [-0.3, -0.25) is 0 Å². The van der Waals surface area contributed by atoms with E-state index in [1.807, 2.05) is 17.9 Å². The van der Waals surface area contributed by atoms with E-state index in [9.17, 15) is 18.3 Å². The summed E-state index contributed by atoms with van der Waals surface area (Å²) in [6.07, 6.45) is 3.09. The minimum absolute atomic E-state index is 0.185. The van der Waals surface area contributed by atoms with Crippen molar-refractivity contribution in [2.45, 2.75) is 25.1 Å². The van der Waals surface area contributed by atoms with Crippen LogP contribution in [-0.2, 0) is 5.60 Å². The molecular weight excluding hydrogens is 435 g/mol. The molecule has 1 saturated heterocycles. The van der Waals surface area contributed by atoms with E-state index in [-0.39, 0.29) is 18.5 Å². The number of likely N-dealkylation sites (tertiary alicyclic amines) is 1. The molecule has 2 unspecified atom stereocenters. The number of hydrogen-bond donors (Lipinski definition) is 2. The van der Waals surface area contributed by atoms with Gasteiger partial charge >= 0.3 is 6.18 Å². The summed E-state index contributed by atoms with van der Waals surface area (Å²) in [5, 5.41) is 15.2. The van der Waals surface area contributed by atoms with Crippen LogP contribution >= 0.6 is 0 Å². The average molecular weight is 457 g/mol. The summed E-state index contributed by atoms with van der Waals surface area (Å²) >= 11 is 0. The summed E-state index contributed by atoms with van der Waals surface area (Å²) in [7, 11) is 0. The van der Waals surface area contributed by atoms with Gasteiger partial charge in [0.05, 0.1) is 12.5 Å². The van der Waals surface area contributed by atoms with E-state index in [4.69, 9.17) is 0 Å². The lowest BCUT2D eigenvalue weighted by Crippen LogP contribution is -2.49. The molecule has 0 saturated carbocycles. The van der Waals surface area contributed by atoms with Crippen molar-refractivity contribution in [1.29, 1.82) is 0 Å². The molecule has 0 bridgehead atoms. The van der Waals surface area contributed by atoms with Crippen LogP contribution in [0.3, 0.4) is 0 Å². The van der Waals surface area contributed by atoms with Gasteiger partial charge in [-0.25, -0.2) is 19.6 Å². The summed E-state index contributed by atoms with van der Waals surface area (Å²) in [6, 6.07) is 4.53. The number of fused-ring (bicyclic) bond motifs is 1. The molecule has 0 aromatic carbocycles. The number of imidazole rings is 1. The van der Waals surface area contributed by atoms with Gasteiger partial charge in [0.15, 0.2) is 17.1 Å². The Kier molecular flexibility index (Phi) is 5.17. The number of pyridine rings is 2. The van der Waals surface area contributed by atoms with Gasteiger partial charge in [0.1, 0.15) is 5.52 Å². The van der Waals surface area contributed by atoms with Crippen molar-refractivity contribution >= 4 is 11.2 Å². The lowest BCUT2D eigenvalue weighted by Gasteiger charge is -2.36. The van der Waals surface area contributed by atoms with Crippen molar-refractivity contribution in [3.8, 4) is 16.9 Å². The maximum Gasteiger partial charge on any atom is 0.421 e. The maximum absolute atomic E-state index is 14.1. The number of nitrogens with zero attached hydrogens (tertiary/aromatic N) is 6. The van der Waals surface area contributed by atoms with Gasteiger partial charge < -0.3 is 15.0 Å². The zero-order valence-electron chi connectivity index (χ0n) is 17.8. The second kappa shape index (κ2) is 7.92. The van der Waals surface area contributed by atoms with Crippen LogP contribution in [0.15, 0.2) is 49.3 Å². The number of alkyl halides is 3. The number of aliphatic hydroxyl groups is 1. The standard InChI is InChI=1S/C22H22F3N7O/c1-2-31-8-6-16(12-31)21(33,22(23,24)25)15-3-4-18(27-10-15)32-11-14(9-30-32)17-5-7-26-20-19(17)28-13-29-20/h3-5,7,9-11,13,16,33H,2,6,8,12H2,1H3,(H,26,28,29). The van der Waals surface area contributed by atoms with Crippen LogP contribution in [0, 0.1) is 5.92 Å². The molecule has 1 aliphatic heterocycles. The third-order valence-corrected chi connectivity index (χ3v) is 6.38. The number of halogens is 3. The molecule has 0 spiro atoms.